The minimum atomic E-state index is 0.0132. The van der Waals surface area contributed by atoms with Crippen LogP contribution in [0, 0.1) is 6.92 Å². The summed E-state index contributed by atoms with van der Waals surface area (Å²) in [5, 5.41) is 1.72. The number of piperazine rings is 1. The number of hydrogen-bond acceptors (Lipinski definition) is 6. The number of nitrogens with zero attached hydrogens (tertiary/aromatic N) is 3. The summed E-state index contributed by atoms with van der Waals surface area (Å²) in [6.07, 6.45) is 3.44. The molecule has 0 atom stereocenters. The molecule has 0 bridgehead atoms. The van der Waals surface area contributed by atoms with Crippen molar-refractivity contribution in [1.29, 1.82) is 0 Å². The van der Waals surface area contributed by atoms with Crippen molar-refractivity contribution >= 4 is 50.3 Å². The summed E-state index contributed by atoms with van der Waals surface area (Å²) >= 11 is 7.90. The second-order valence-corrected chi connectivity index (χ2v) is 8.69. The number of carbonyl (C=O) groups excluding carboxylic acids is 1. The second-order valence-electron chi connectivity index (χ2n) is 7.27. The number of benzene rings is 2. The SMILES string of the molecule is Cc1c(Cl)ccc2sc(N3CCN(C(=O)/C=C\c4ccc5c(c4)OCO5)CC3)nc12. The summed E-state index contributed by atoms with van der Waals surface area (Å²) in [7, 11) is 0. The third-order valence-corrected chi connectivity index (χ3v) is 6.90. The number of amides is 1. The van der Waals surface area contributed by atoms with E-state index in [0.29, 0.717) is 18.8 Å². The first-order valence-corrected chi connectivity index (χ1v) is 11.0. The van der Waals surface area contributed by atoms with Crippen LogP contribution in [0.4, 0.5) is 5.13 Å². The Morgan fingerprint density at radius 1 is 1.13 bits per heavy atom. The molecule has 0 radical (unpaired) electrons. The number of aromatic nitrogens is 1. The highest BCUT2D eigenvalue weighted by Crippen LogP contribution is 2.34. The number of rotatable bonds is 3. The van der Waals surface area contributed by atoms with E-state index < -0.39 is 0 Å². The maximum atomic E-state index is 12.6. The van der Waals surface area contributed by atoms with Gasteiger partial charge in [0.25, 0.3) is 0 Å². The molecule has 3 heterocycles. The summed E-state index contributed by atoms with van der Waals surface area (Å²) in [6, 6.07) is 9.59. The van der Waals surface area contributed by atoms with Gasteiger partial charge in [-0.3, -0.25) is 4.79 Å². The lowest BCUT2D eigenvalue weighted by Gasteiger charge is -2.34. The van der Waals surface area contributed by atoms with E-state index in [1.807, 2.05) is 48.2 Å². The summed E-state index contributed by atoms with van der Waals surface area (Å²) in [6.45, 7) is 5.09. The van der Waals surface area contributed by atoms with Gasteiger partial charge < -0.3 is 19.3 Å². The largest absolute Gasteiger partial charge is 0.454 e. The molecule has 1 saturated heterocycles. The summed E-state index contributed by atoms with van der Waals surface area (Å²) < 4.78 is 11.8. The molecule has 0 N–H and O–H groups in total. The van der Waals surface area contributed by atoms with Gasteiger partial charge in [-0.1, -0.05) is 29.0 Å². The molecule has 0 aliphatic carbocycles. The van der Waals surface area contributed by atoms with Gasteiger partial charge in [-0.2, -0.15) is 0 Å². The average Bonchev–Trinajstić information content (AvgIpc) is 3.41. The van der Waals surface area contributed by atoms with Crippen molar-refractivity contribution in [3.8, 4) is 11.5 Å². The third-order valence-electron chi connectivity index (χ3n) is 5.41. The quantitative estimate of drug-likeness (QED) is 0.565. The van der Waals surface area contributed by atoms with Crippen molar-refractivity contribution < 1.29 is 14.3 Å². The van der Waals surface area contributed by atoms with Gasteiger partial charge in [0, 0.05) is 37.3 Å². The first kappa shape index (κ1) is 19.2. The molecular formula is C22H20ClN3O3S. The molecule has 154 valence electrons. The Kier molecular flexibility index (Phi) is 5.00. The molecule has 1 amide bonds. The average molecular weight is 442 g/mol. The van der Waals surface area contributed by atoms with E-state index in [1.165, 1.54) is 0 Å². The molecule has 5 rings (SSSR count). The highest BCUT2D eigenvalue weighted by molar-refractivity contribution is 7.22. The second kappa shape index (κ2) is 7.81. The van der Waals surface area contributed by atoms with Gasteiger partial charge in [0.15, 0.2) is 16.6 Å². The standard InChI is InChI=1S/C22H20ClN3O3S/c1-14-16(23)4-6-19-21(14)24-22(30-19)26-10-8-25(9-11-26)20(27)7-3-15-2-5-17-18(12-15)29-13-28-17/h2-7,12H,8-11,13H2,1H3/b7-3-. The number of aryl methyl sites for hydroxylation is 1. The summed E-state index contributed by atoms with van der Waals surface area (Å²) in [5.74, 6) is 1.46. The number of fused-ring (bicyclic) bond motifs is 2. The van der Waals surface area contributed by atoms with Crippen LogP contribution in [-0.4, -0.2) is 48.8 Å². The van der Waals surface area contributed by atoms with Gasteiger partial charge in [-0.05, 0) is 48.4 Å². The van der Waals surface area contributed by atoms with Gasteiger partial charge >= 0.3 is 0 Å². The number of hydrogen-bond donors (Lipinski definition) is 0. The van der Waals surface area contributed by atoms with E-state index >= 15 is 0 Å². The predicted octanol–water partition coefficient (Wildman–Crippen LogP) is 4.35. The fourth-order valence-corrected chi connectivity index (χ4v) is 4.86. The Labute approximate surface area is 183 Å². The topological polar surface area (TPSA) is 54.9 Å². The van der Waals surface area contributed by atoms with Crippen molar-refractivity contribution in [2.75, 3.05) is 37.9 Å². The maximum absolute atomic E-state index is 12.6. The molecule has 2 aliphatic rings. The molecule has 3 aromatic rings. The number of thiazole rings is 1. The summed E-state index contributed by atoms with van der Waals surface area (Å²) in [4.78, 5) is 21.5. The molecule has 2 aliphatic heterocycles. The first-order chi connectivity index (χ1) is 14.6. The highest BCUT2D eigenvalue weighted by atomic mass is 35.5. The molecule has 1 aromatic heterocycles. The van der Waals surface area contributed by atoms with Gasteiger partial charge in [-0.15, -0.1) is 0 Å². The Morgan fingerprint density at radius 3 is 2.77 bits per heavy atom. The van der Waals surface area contributed by atoms with E-state index in [4.69, 9.17) is 26.1 Å². The molecule has 0 unspecified atom stereocenters. The fraction of sp³-hybridized carbons (Fsp3) is 0.273. The molecule has 1 fully saturated rings. The van der Waals surface area contributed by atoms with Gasteiger partial charge in [-0.25, -0.2) is 4.98 Å². The number of halogens is 1. The van der Waals surface area contributed by atoms with Crippen LogP contribution in [0.5, 0.6) is 11.5 Å². The van der Waals surface area contributed by atoms with E-state index in [2.05, 4.69) is 4.90 Å². The monoisotopic (exact) mass is 441 g/mol. The molecule has 0 spiro atoms. The fourth-order valence-electron chi connectivity index (χ4n) is 3.63. The maximum Gasteiger partial charge on any atom is 0.246 e. The van der Waals surface area contributed by atoms with Crippen molar-refractivity contribution in [2.24, 2.45) is 0 Å². The zero-order valence-electron chi connectivity index (χ0n) is 16.4. The Hall–Kier alpha value is -2.77. The van der Waals surface area contributed by atoms with E-state index in [1.54, 1.807) is 17.4 Å². The Morgan fingerprint density at radius 2 is 1.93 bits per heavy atom. The summed E-state index contributed by atoms with van der Waals surface area (Å²) in [5.41, 5.74) is 2.89. The number of ether oxygens (including phenoxy) is 2. The van der Waals surface area contributed by atoms with E-state index in [9.17, 15) is 4.79 Å². The van der Waals surface area contributed by atoms with Crippen LogP contribution >= 0.6 is 22.9 Å². The first-order valence-electron chi connectivity index (χ1n) is 9.76. The van der Waals surface area contributed by atoms with Gasteiger partial charge in [0.2, 0.25) is 12.7 Å². The predicted molar refractivity (Wildman–Crippen MR) is 120 cm³/mol. The smallest absolute Gasteiger partial charge is 0.246 e. The van der Waals surface area contributed by atoms with Crippen molar-refractivity contribution in [3.05, 3.63) is 52.6 Å². The highest BCUT2D eigenvalue weighted by Gasteiger charge is 2.22. The lowest BCUT2D eigenvalue weighted by Crippen LogP contribution is -2.48. The lowest BCUT2D eigenvalue weighted by molar-refractivity contribution is -0.126. The molecule has 30 heavy (non-hydrogen) atoms. The third kappa shape index (κ3) is 3.59. The Balaban J connectivity index is 1.22. The van der Waals surface area contributed by atoms with E-state index in [0.717, 1.165) is 50.3 Å². The van der Waals surface area contributed by atoms with Crippen LogP contribution in [0.2, 0.25) is 5.02 Å². The molecule has 2 aromatic carbocycles. The van der Waals surface area contributed by atoms with Crippen molar-refractivity contribution in [1.82, 2.24) is 9.88 Å². The minimum Gasteiger partial charge on any atom is -0.454 e. The molecule has 8 heteroatoms. The molecule has 6 nitrogen and oxygen atoms in total. The van der Waals surface area contributed by atoms with Crippen LogP contribution in [0.1, 0.15) is 11.1 Å². The lowest BCUT2D eigenvalue weighted by atomic mass is 10.2. The molecular weight excluding hydrogens is 422 g/mol. The van der Waals surface area contributed by atoms with Gasteiger partial charge in [0.05, 0.1) is 10.2 Å². The van der Waals surface area contributed by atoms with Crippen molar-refractivity contribution in [2.45, 2.75) is 6.92 Å². The Bertz CT molecular complexity index is 1150. The number of anilines is 1. The molecule has 0 saturated carbocycles. The zero-order chi connectivity index (χ0) is 20.7. The van der Waals surface area contributed by atoms with Gasteiger partial charge in [0.1, 0.15) is 0 Å². The number of carbonyl (C=O) groups is 1. The normalized spacial score (nSPS) is 16.1. The van der Waals surface area contributed by atoms with Crippen LogP contribution in [0.3, 0.4) is 0 Å². The zero-order valence-corrected chi connectivity index (χ0v) is 18.0. The minimum absolute atomic E-state index is 0.0132. The van der Waals surface area contributed by atoms with Crippen LogP contribution in [0.25, 0.3) is 16.3 Å². The van der Waals surface area contributed by atoms with Crippen LogP contribution in [-0.2, 0) is 4.79 Å². The van der Waals surface area contributed by atoms with Crippen molar-refractivity contribution in [3.63, 3.8) is 0 Å². The van der Waals surface area contributed by atoms with E-state index in [-0.39, 0.29) is 12.7 Å². The van der Waals surface area contributed by atoms with Crippen LogP contribution in [0.15, 0.2) is 36.4 Å². The van der Waals surface area contributed by atoms with Crippen LogP contribution < -0.4 is 14.4 Å².